The summed E-state index contributed by atoms with van der Waals surface area (Å²) in [5.74, 6) is 0.166. The van der Waals surface area contributed by atoms with Gasteiger partial charge in [0.1, 0.15) is 23.9 Å². The molecule has 3 aromatic rings. The lowest BCUT2D eigenvalue weighted by Gasteiger charge is -2.12. The van der Waals surface area contributed by atoms with Gasteiger partial charge in [0.25, 0.3) is 11.6 Å². The first-order valence-electron chi connectivity index (χ1n) is 9.63. The van der Waals surface area contributed by atoms with Crippen molar-refractivity contribution in [3.05, 3.63) is 98.0 Å². The molecule has 0 aliphatic rings. The second-order valence-corrected chi connectivity index (χ2v) is 7.64. The number of anilines is 1. The maximum Gasteiger partial charge on any atom is 0.292 e. The molecule has 3 rings (SSSR count). The summed E-state index contributed by atoms with van der Waals surface area (Å²) in [6, 6.07) is 20.2. The van der Waals surface area contributed by atoms with Gasteiger partial charge >= 0.3 is 0 Å². The molecule has 0 saturated heterocycles. The zero-order valence-corrected chi connectivity index (χ0v) is 19.0. The summed E-state index contributed by atoms with van der Waals surface area (Å²) >= 11 is 3.39. The summed E-state index contributed by atoms with van der Waals surface area (Å²) in [6.07, 6.45) is 1.37. The predicted octanol–water partition coefficient (Wildman–Crippen LogP) is 5.49. The number of halogens is 1. The molecule has 3 aromatic carbocycles. The Morgan fingerprint density at radius 2 is 1.88 bits per heavy atom. The number of hydrogen-bond donors (Lipinski definition) is 1. The molecule has 0 unspecified atom stereocenters. The number of nitrogens with zero attached hydrogens (tertiary/aromatic N) is 2. The van der Waals surface area contributed by atoms with Gasteiger partial charge in [-0.2, -0.15) is 5.26 Å². The lowest BCUT2D eigenvalue weighted by atomic mass is 10.1. The highest BCUT2D eigenvalue weighted by Gasteiger charge is 2.17. The van der Waals surface area contributed by atoms with Crippen molar-refractivity contribution in [2.75, 3.05) is 12.4 Å². The first kappa shape index (κ1) is 23.5. The number of nitriles is 1. The van der Waals surface area contributed by atoms with Gasteiger partial charge in [-0.05, 0) is 47.5 Å². The van der Waals surface area contributed by atoms with E-state index in [1.165, 1.54) is 31.4 Å². The van der Waals surface area contributed by atoms with Crippen molar-refractivity contribution in [1.82, 2.24) is 0 Å². The van der Waals surface area contributed by atoms with Crippen molar-refractivity contribution in [1.29, 1.82) is 5.26 Å². The van der Waals surface area contributed by atoms with Gasteiger partial charge in [-0.3, -0.25) is 14.9 Å². The highest BCUT2D eigenvalue weighted by atomic mass is 79.9. The number of nitro benzene ring substituents is 1. The summed E-state index contributed by atoms with van der Waals surface area (Å²) in [6.45, 7) is 0.334. The molecule has 0 fully saturated rings. The topological polar surface area (TPSA) is 114 Å². The molecule has 1 N–H and O–H groups in total. The zero-order chi connectivity index (χ0) is 23.8. The third-order valence-electron chi connectivity index (χ3n) is 4.52. The monoisotopic (exact) mass is 507 g/mol. The third-order valence-corrected chi connectivity index (χ3v) is 5.05. The SMILES string of the molecule is COc1cc(/C=C(\C#N)C(=O)Nc2ccccc2[N+](=O)[O-])ccc1OCc1ccc(Br)cc1. The van der Waals surface area contributed by atoms with Crippen molar-refractivity contribution in [2.45, 2.75) is 6.61 Å². The van der Waals surface area contributed by atoms with Crippen LogP contribution in [0.25, 0.3) is 6.08 Å². The average molecular weight is 508 g/mol. The highest BCUT2D eigenvalue weighted by molar-refractivity contribution is 9.10. The quantitative estimate of drug-likeness (QED) is 0.186. The average Bonchev–Trinajstić information content (AvgIpc) is 2.82. The van der Waals surface area contributed by atoms with Crippen LogP contribution >= 0.6 is 15.9 Å². The summed E-state index contributed by atoms with van der Waals surface area (Å²) in [7, 11) is 1.49. The molecule has 0 spiro atoms. The number of carbonyl (C=O) groups excluding carboxylic acids is 1. The van der Waals surface area contributed by atoms with E-state index in [4.69, 9.17) is 9.47 Å². The highest BCUT2D eigenvalue weighted by Crippen LogP contribution is 2.30. The van der Waals surface area contributed by atoms with Gasteiger partial charge in [0.15, 0.2) is 11.5 Å². The molecule has 0 aliphatic heterocycles. The van der Waals surface area contributed by atoms with E-state index in [0.29, 0.717) is 23.7 Å². The second-order valence-electron chi connectivity index (χ2n) is 6.72. The predicted molar refractivity (Wildman–Crippen MR) is 127 cm³/mol. The Bertz CT molecular complexity index is 1250. The summed E-state index contributed by atoms with van der Waals surface area (Å²) in [5.41, 5.74) is 1.01. The van der Waals surface area contributed by atoms with Gasteiger partial charge in [-0.1, -0.05) is 46.3 Å². The third kappa shape index (κ3) is 6.18. The molecule has 33 heavy (non-hydrogen) atoms. The molecule has 8 nitrogen and oxygen atoms in total. The Morgan fingerprint density at radius 1 is 1.15 bits per heavy atom. The fraction of sp³-hybridized carbons (Fsp3) is 0.0833. The largest absolute Gasteiger partial charge is 0.493 e. The van der Waals surface area contributed by atoms with Crippen molar-refractivity contribution < 1.29 is 19.2 Å². The summed E-state index contributed by atoms with van der Waals surface area (Å²) < 4.78 is 12.2. The van der Waals surface area contributed by atoms with E-state index in [1.807, 2.05) is 30.3 Å². The van der Waals surface area contributed by atoms with E-state index >= 15 is 0 Å². The number of methoxy groups -OCH3 is 1. The van der Waals surface area contributed by atoms with E-state index in [0.717, 1.165) is 10.0 Å². The minimum Gasteiger partial charge on any atom is -0.493 e. The van der Waals surface area contributed by atoms with Crippen molar-refractivity contribution >= 4 is 39.3 Å². The summed E-state index contributed by atoms with van der Waals surface area (Å²) in [4.78, 5) is 23.1. The first-order valence-corrected chi connectivity index (χ1v) is 10.4. The number of ether oxygens (including phenoxy) is 2. The minimum absolute atomic E-state index is 0.00270. The fourth-order valence-electron chi connectivity index (χ4n) is 2.88. The zero-order valence-electron chi connectivity index (χ0n) is 17.4. The molecule has 0 saturated carbocycles. The van der Waals surface area contributed by atoms with Crippen LogP contribution in [-0.4, -0.2) is 17.9 Å². The maximum absolute atomic E-state index is 12.5. The number of para-hydroxylation sites is 2. The molecule has 0 radical (unpaired) electrons. The standard InChI is InChI=1S/C24H18BrN3O5/c1-32-23-13-17(8-11-22(23)33-15-16-6-9-19(25)10-7-16)12-18(14-26)24(29)27-20-4-2-3-5-21(20)28(30)31/h2-13H,15H2,1H3,(H,27,29)/b18-12+. The maximum atomic E-state index is 12.5. The Kier molecular flexibility index (Phi) is 7.78. The van der Waals surface area contributed by atoms with Crippen LogP contribution in [-0.2, 0) is 11.4 Å². The molecule has 0 heterocycles. The van der Waals surface area contributed by atoms with Gasteiger partial charge in [0.05, 0.1) is 12.0 Å². The molecule has 0 atom stereocenters. The molecule has 0 aromatic heterocycles. The molecule has 166 valence electrons. The smallest absolute Gasteiger partial charge is 0.292 e. The van der Waals surface area contributed by atoms with Gasteiger partial charge < -0.3 is 14.8 Å². The Morgan fingerprint density at radius 3 is 2.55 bits per heavy atom. The Labute approximate surface area is 198 Å². The van der Waals surface area contributed by atoms with Gasteiger partial charge in [-0.25, -0.2) is 0 Å². The van der Waals surface area contributed by atoms with E-state index in [2.05, 4.69) is 21.2 Å². The van der Waals surface area contributed by atoms with Gasteiger partial charge in [0, 0.05) is 10.5 Å². The van der Waals surface area contributed by atoms with Crippen molar-refractivity contribution in [3.63, 3.8) is 0 Å². The normalized spacial score (nSPS) is 10.8. The fourth-order valence-corrected chi connectivity index (χ4v) is 3.14. The second kappa shape index (κ2) is 10.9. The van der Waals surface area contributed by atoms with E-state index in [-0.39, 0.29) is 16.9 Å². The molecular formula is C24H18BrN3O5. The van der Waals surface area contributed by atoms with E-state index in [9.17, 15) is 20.2 Å². The van der Waals surface area contributed by atoms with Gasteiger partial charge in [-0.15, -0.1) is 0 Å². The van der Waals surface area contributed by atoms with Crippen LogP contribution in [0.2, 0.25) is 0 Å². The number of nitrogens with one attached hydrogen (secondary N) is 1. The van der Waals surface area contributed by atoms with Crippen LogP contribution in [0, 0.1) is 21.4 Å². The van der Waals surface area contributed by atoms with Crippen molar-refractivity contribution in [3.8, 4) is 17.6 Å². The van der Waals surface area contributed by atoms with E-state index < -0.39 is 10.8 Å². The van der Waals surface area contributed by atoms with E-state index in [1.54, 1.807) is 24.3 Å². The lowest BCUT2D eigenvalue weighted by Crippen LogP contribution is -2.14. The number of benzene rings is 3. The van der Waals surface area contributed by atoms with Crippen LogP contribution in [0.4, 0.5) is 11.4 Å². The Balaban J connectivity index is 1.78. The number of amides is 1. The molecule has 9 heteroatoms. The molecule has 0 aliphatic carbocycles. The lowest BCUT2D eigenvalue weighted by molar-refractivity contribution is -0.383. The number of carbonyl (C=O) groups is 1. The first-order chi connectivity index (χ1) is 15.9. The molecular weight excluding hydrogens is 490 g/mol. The van der Waals surface area contributed by atoms with Crippen LogP contribution in [0.1, 0.15) is 11.1 Å². The number of hydrogen-bond acceptors (Lipinski definition) is 6. The van der Waals surface area contributed by atoms with Crippen molar-refractivity contribution in [2.24, 2.45) is 0 Å². The number of rotatable bonds is 8. The molecule has 0 bridgehead atoms. The van der Waals surface area contributed by atoms with Crippen LogP contribution in [0.15, 0.2) is 76.8 Å². The minimum atomic E-state index is -0.763. The Hall–Kier alpha value is -4.16. The van der Waals surface area contributed by atoms with Gasteiger partial charge in [0.2, 0.25) is 0 Å². The van der Waals surface area contributed by atoms with Crippen LogP contribution < -0.4 is 14.8 Å². The summed E-state index contributed by atoms with van der Waals surface area (Å²) in [5, 5.41) is 23.0. The van der Waals surface area contributed by atoms with Crippen LogP contribution in [0.3, 0.4) is 0 Å². The number of nitro groups is 1. The van der Waals surface area contributed by atoms with Crippen LogP contribution in [0.5, 0.6) is 11.5 Å². The molecule has 1 amide bonds.